The lowest BCUT2D eigenvalue weighted by atomic mass is 10.1. The van der Waals surface area contributed by atoms with Gasteiger partial charge in [0, 0.05) is 12.6 Å². The Labute approximate surface area is 123 Å². The molecule has 1 rings (SSSR count). The van der Waals surface area contributed by atoms with E-state index in [1.807, 2.05) is 0 Å². The average molecular weight is 295 g/mol. The molecule has 0 bridgehead atoms. The molecule has 0 unspecified atom stereocenters. The molecule has 0 fully saturated rings. The molecule has 0 atom stereocenters. The van der Waals surface area contributed by atoms with Gasteiger partial charge in [-0.3, -0.25) is 20.2 Å². The second kappa shape index (κ2) is 8.89. The van der Waals surface area contributed by atoms with E-state index in [1.165, 1.54) is 31.4 Å². The lowest BCUT2D eigenvalue weighted by Crippen LogP contribution is -2.05. The molecule has 0 saturated carbocycles. The number of nitro benzene ring substituents is 2. The molecular weight excluding hydrogens is 274 g/mol. The van der Waals surface area contributed by atoms with Gasteiger partial charge >= 0.3 is 0 Å². The molecule has 0 radical (unpaired) electrons. The predicted octanol–water partition coefficient (Wildman–Crippen LogP) is 4.28. The van der Waals surface area contributed by atoms with E-state index in [1.54, 1.807) is 0 Å². The number of benzene rings is 1. The highest BCUT2D eigenvalue weighted by atomic mass is 16.6. The van der Waals surface area contributed by atoms with Crippen LogP contribution < -0.4 is 5.32 Å². The number of rotatable bonds is 10. The second-order valence-electron chi connectivity index (χ2n) is 4.91. The van der Waals surface area contributed by atoms with Gasteiger partial charge in [-0.2, -0.15) is 0 Å². The van der Waals surface area contributed by atoms with Crippen molar-refractivity contribution in [3.05, 3.63) is 38.4 Å². The van der Waals surface area contributed by atoms with E-state index in [4.69, 9.17) is 0 Å². The molecule has 116 valence electrons. The SMILES string of the molecule is CCCCCCCCNc1ccc([N+](=O)[O-])cc1[N+](=O)[O-]. The van der Waals surface area contributed by atoms with Crippen molar-refractivity contribution in [2.45, 2.75) is 45.4 Å². The normalized spacial score (nSPS) is 10.3. The molecule has 0 aliphatic heterocycles. The Morgan fingerprint density at radius 3 is 2.29 bits per heavy atom. The van der Waals surface area contributed by atoms with Gasteiger partial charge in [0.25, 0.3) is 11.4 Å². The van der Waals surface area contributed by atoms with Gasteiger partial charge in [-0.15, -0.1) is 0 Å². The van der Waals surface area contributed by atoms with E-state index >= 15 is 0 Å². The summed E-state index contributed by atoms with van der Waals surface area (Å²) in [5.74, 6) is 0. The van der Waals surface area contributed by atoms with Gasteiger partial charge in [0.1, 0.15) is 5.69 Å². The number of nitrogens with zero attached hydrogens (tertiary/aromatic N) is 2. The molecule has 7 heteroatoms. The zero-order valence-corrected chi connectivity index (χ0v) is 12.2. The first-order valence-corrected chi connectivity index (χ1v) is 7.23. The van der Waals surface area contributed by atoms with Crippen LogP contribution in [0.3, 0.4) is 0 Å². The molecule has 0 saturated heterocycles. The van der Waals surface area contributed by atoms with Crippen LogP contribution in [0.2, 0.25) is 0 Å². The molecule has 1 N–H and O–H groups in total. The van der Waals surface area contributed by atoms with Gasteiger partial charge in [-0.1, -0.05) is 39.0 Å². The number of non-ortho nitro benzene ring substituents is 1. The zero-order valence-electron chi connectivity index (χ0n) is 12.2. The van der Waals surface area contributed by atoms with Gasteiger partial charge in [0.05, 0.1) is 15.9 Å². The Morgan fingerprint density at radius 1 is 1.00 bits per heavy atom. The summed E-state index contributed by atoms with van der Waals surface area (Å²) >= 11 is 0. The fourth-order valence-electron chi connectivity index (χ4n) is 2.06. The van der Waals surface area contributed by atoms with Gasteiger partial charge < -0.3 is 5.32 Å². The molecule has 0 aromatic heterocycles. The van der Waals surface area contributed by atoms with Gasteiger partial charge in [-0.05, 0) is 12.5 Å². The summed E-state index contributed by atoms with van der Waals surface area (Å²) in [6.07, 6.45) is 6.83. The summed E-state index contributed by atoms with van der Waals surface area (Å²) in [5.41, 5.74) is -0.193. The molecule has 0 heterocycles. The van der Waals surface area contributed by atoms with E-state index in [0.717, 1.165) is 25.3 Å². The Balaban J connectivity index is 2.51. The smallest absolute Gasteiger partial charge is 0.299 e. The molecule has 0 aliphatic rings. The molecule has 1 aromatic carbocycles. The molecule has 1 aromatic rings. The van der Waals surface area contributed by atoms with Crippen LogP contribution in [-0.4, -0.2) is 16.4 Å². The Morgan fingerprint density at radius 2 is 1.67 bits per heavy atom. The van der Waals surface area contributed by atoms with Crippen LogP contribution >= 0.6 is 0 Å². The van der Waals surface area contributed by atoms with Crippen LogP contribution in [0.1, 0.15) is 45.4 Å². The third-order valence-corrected chi connectivity index (χ3v) is 3.23. The molecule has 21 heavy (non-hydrogen) atoms. The first-order chi connectivity index (χ1) is 10.1. The fraction of sp³-hybridized carbons (Fsp3) is 0.571. The maximum atomic E-state index is 10.9. The van der Waals surface area contributed by atoms with Gasteiger partial charge in [0.2, 0.25) is 0 Å². The maximum absolute atomic E-state index is 10.9. The monoisotopic (exact) mass is 295 g/mol. The van der Waals surface area contributed by atoms with Crippen molar-refractivity contribution in [2.24, 2.45) is 0 Å². The number of anilines is 1. The lowest BCUT2D eigenvalue weighted by molar-refractivity contribution is -0.393. The number of nitro groups is 2. The zero-order chi connectivity index (χ0) is 15.7. The van der Waals surface area contributed by atoms with E-state index < -0.39 is 9.85 Å². The molecule has 0 aliphatic carbocycles. The lowest BCUT2D eigenvalue weighted by Gasteiger charge is -2.07. The standard InChI is InChI=1S/C14H21N3O4/c1-2-3-4-5-6-7-10-15-13-9-8-12(16(18)19)11-14(13)17(20)21/h8-9,11,15H,2-7,10H2,1H3. The highest BCUT2D eigenvalue weighted by Gasteiger charge is 2.18. The van der Waals surface area contributed by atoms with Crippen molar-refractivity contribution in [3.8, 4) is 0 Å². The van der Waals surface area contributed by atoms with Crippen LogP contribution in [0.25, 0.3) is 0 Å². The maximum Gasteiger partial charge on any atom is 0.299 e. The number of nitrogens with one attached hydrogen (secondary N) is 1. The van der Waals surface area contributed by atoms with Crippen molar-refractivity contribution < 1.29 is 9.85 Å². The van der Waals surface area contributed by atoms with E-state index in [-0.39, 0.29) is 11.4 Å². The van der Waals surface area contributed by atoms with Gasteiger partial charge in [0.15, 0.2) is 0 Å². The molecule has 0 spiro atoms. The molecule has 0 amide bonds. The minimum atomic E-state index is -0.634. The number of hydrogen-bond acceptors (Lipinski definition) is 5. The summed E-state index contributed by atoms with van der Waals surface area (Å²) in [6, 6.07) is 3.66. The summed E-state index contributed by atoms with van der Waals surface area (Å²) < 4.78 is 0. The summed E-state index contributed by atoms with van der Waals surface area (Å²) in [5, 5.41) is 24.6. The molecule has 7 nitrogen and oxygen atoms in total. The molecular formula is C14H21N3O4. The first kappa shape index (κ1) is 16.9. The van der Waals surface area contributed by atoms with Crippen molar-refractivity contribution >= 4 is 17.1 Å². The van der Waals surface area contributed by atoms with Crippen LogP contribution in [0, 0.1) is 20.2 Å². The quantitative estimate of drug-likeness (QED) is 0.394. The van der Waals surface area contributed by atoms with Gasteiger partial charge in [-0.25, -0.2) is 0 Å². The topological polar surface area (TPSA) is 98.3 Å². The van der Waals surface area contributed by atoms with E-state index in [0.29, 0.717) is 12.2 Å². The second-order valence-corrected chi connectivity index (χ2v) is 4.91. The van der Waals surface area contributed by atoms with Crippen LogP contribution in [-0.2, 0) is 0 Å². The van der Waals surface area contributed by atoms with Crippen molar-refractivity contribution in [3.63, 3.8) is 0 Å². The summed E-state index contributed by atoms with van der Waals surface area (Å²) in [6.45, 7) is 2.79. The van der Waals surface area contributed by atoms with Crippen LogP contribution in [0.4, 0.5) is 17.1 Å². The summed E-state index contributed by atoms with van der Waals surface area (Å²) in [7, 11) is 0. The van der Waals surface area contributed by atoms with E-state index in [2.05, 4.69) is 12.2 Å². The predicted molar refractivity (Wildman–Crippen MR) is 81.6 cm³/mol. The summed E-state index contributed by atoms with van der Waals surface area (Å²) in [4.78, 5) is 20.3. The Kier molecular flexibility index (Phi) is 7.14. The highest BCUT2D eigenvalue weighted by molar-refractivity contribution is 5.65. The minimum absolute atomic E-state index is 0.254. The Bertz CT molecular complexity index is 491. The average Bonchev–Trinajstić information content (AvgIpc) is 2.46. The number of unbranched alkanes of at least 4 members (excludes halogenated alkanes) is 5. The fourth-order valence-corrected chi connectivity index (χ4v) is 2.06. The van der Waals surface area contributed by atoms with Crippen molar-refractivity contribution in [1.29, 1.82) is 0 Å². The third-order valence-electron chi connectivity index (χ3n) is 3.23. The van der Waals surface area contributed by atoms with Crippen molar-refractivity contribution in [2.75, 3.05) is 11.9 Å². The highest BCUT2D eigenvalue weighted by Crippen LogP contribution is 2.28. The van der Waals surface area contributed by atoms with E-state index in [9.17, 15) is 20.2 Å². The minimum Gasteiger partial charge on any atom is -0.379 e. The third kappa shape index (κ3) is 5.76. The van der Waals surface area contributed by atoms with Crippen LogP contribution in [0.5, 0.6) is 0 Å². The number of hydrogen-bond donors (Lipinski definition) is 1. The van der Waals surface area contributed by atoms with Crippen molar-refractivity contribution in [1.82, 2.24) is 0 Å². The Hall–Kier alpha value is -2.18. The first-order valence-electron chi connectivity index (χ1n) is 7.23. The van der Waals surface area contributed by atoms with Crippen LogP contribution in [0.15, 0.2) is 18.2 Å². The largest absolute Gasteiger partial charge is 0.379 e.